The monoisotopic (exact) mass is 308 g/mol. The quantitative estimate of drug-likeness (QED) is 0.885. The van der Waals surface area contributed by atoms with Crippen LogP contribution in [0.4, 0.5) is 0 Å². The molecule has 2 heterocycles. The first kappa shape index (κ1) is 15.0. The van der Waals surface area contributed by atoms with Crippen LogP contribution in [0, 0.1) is 0 Å². The predicted molar refractivity (Wildman–Crippen MR) is 85.1 cm³/mol. The van der Waals surface area contributed by atoms with E-state index in [1.807, 2.05) is 0 Å². The third-order valence-electron chi connectivity index (χ3n) is 5.23. The molecule has 4 nitrogen and oxygen atoms in total. The number of sulfone groups is 1. The lowest BCUT2D eigenvalue weighted by molar-refractivity contribution is 0.0878. The van der Waals surface area contributed by atoms with E-state index < -0.39 is 9.84 Å². The van der Waals surface area contributed by atoms with Crippen molar-refractivity contribution in [1.82, 2.24) is 4.90 Å². The molecule has 0 bridgehead atoms. The van der Waals surface area contributed by atoms with E-state index in [0.717, 1.165) is 25.9 Å². The summed E-state index contributed by atoms with van der Waals surface area (Å²) in [6.07, 6.45) is 3.43. The van der Waals surface area contributed by atoms with Gasteiger partial charge in [-0.25, -0.2) is 8.42 Å². The zero-order valence-electron chi connectivity index (χ0n) is 12.4. The highest BCUT2D eigenvalue weighted by Crippen LogP contribution is 2.31. The summed E-state index contributed by atoms with van der Waals surface area (Å²) in [5.41, 5.74) is 8.81. The highest BCUT2D eigenvalue weighted by molar-refractivity contribution is 7.91. The number of nitrogens with two attached hydrogens (primary N) is 1. The van der Waals surface area contributed by atoms with Crippen molar-refractivity contribution in [2.75, 3.05) is 31.1 Å². The summed E-state index contributed by atoms with van der Waals surface area (Å²) in [5, 5.41) is 0. The number of benzene rings is 1. The van der Waals surface area contributed by atoms with Crippen molar-refractivity contribution in [3.05, 3.63) is 35.4 Å². The maximum atomic E-state index is 11.7. The molecule has 1 aromatic rings. The molecule has 1 aromatic carbocycles. The van der Waals surface area contributed by atoms with Crippen molar-refractivity contribution in [3.8, 4) is 0 Å². The maximum Gasteiger partial charge on any atom is 0.150 e. The van der Waals surface area contributed by atoms with Gasteiger partial charge in [0.2, 0.25) is 0 Å². The van der Waals surface area contributed by atoms with Gasteiger partial charge in [-0.1, -0.05) is 24.3 Å². The van der Waals surface area contributed by atoms with Crippen LogP contribution in [0.1, 0.15) is 24.0 Å². The van der Waals surface area contributed by atoms with Crippen molar-refractivity contribution >= 4 is 9.84 Å². The topological polar surface area (TPSA) is 63.4 Å². The molecule has 0 aromatic heterocycles. The fourth-order valence-corrected chi connectivity index (χ4v) is 5.30. The van der Waals surface area contributed by atoms with E-state index in [0.29, 0.717) is 19.4 Å². The van der Waals surface area contributed by atoms with Crippen molar-refractivity contribution in [2.24, 2.45) is 5.73 Å². The number of hydrogen-bond acceptors (Lipinski definition) is 4. The van der Waals surface area contributed by atoms with Crippen molar-refractivity contribution < 1.29 is 8.42 Å². The second kappa shape index (κ2) is 5.71. The minimum absolute atomic E-state index is 0.118. The summed E-state index contributed by atoms with van der Waals surface area (Å²) >= 11 is 0. The van der Waals surface area contributed by atoms with E-state index in [9.17, 15) is 8.42 Å². The van der Waals surface area contributed by atoms with Crippen molar-refractivity contribution in [2.45, 2.75) is 31.2 Å². The fraction of sp³-hybridized carbons (Fsp3) is 0.625. The first-order valence-corrected chi connectivity index (χ1v) is 9.59. The summed E-state index contributed by atoms with van der Waals surface area (Å²) in [6.45, 7) is 2.52. The van der Waals surface area contributed by atoms with Crippen LogP contribution in [0.2, 0.25) is 0 Å². The minimum Gasteiger partial charge on any atom is -0.329 e. The maximum absolute atomic E-state index is 11.7. The van der Waals surface area contributed by atoms with Crippen LogP contribution in [0.5, 0.6) is 0 Å². The van der Waals surface area contributed by atoms with Gasteiger partial charge in [0, 0.05) is 25.2 Å². The molecular formula is C16H24N2O2S. The minimum atomic E-state index is -2.85. The standard InChI is InChI=1S/C16H24N2O2S/c17-13-16(7-11-21(19,20)12-8-16)18-9-5-14-3-1-2-4-15(14)6-10-18/h1-4H,5-13,17H2. The van der Waals surface area contributed by atoms with Gasteiger partial charge in [-0.3, -0.25) is 4.90 Å². The molecule has 2 N–H and O–H groups in total. The first-order valence-electron chi connectivity index (χ1n) is 7.77. The van der Waals surface area contributed by atoms with E-state index in [2.05, 4.69) is 29.2 Å². The second-order valence-corrected chi connectivity index (χ2v) is 8.64. The normalized spacial score (nSPS) is 25.0. The third-order valence-corrected chi connectivity index (χ3v) is 6.88. The van der Waals surface area contributed by atoms with E-state index in [1.54, 1.807) is 0 Å². The zero-order chi connectivity index (χ0) is 14.9. The van der Waals surface area contributed by atoms with E-state index >= 15 is 0 Å². The highest BCUT2D eigenvalue weighted by Gasteiger charge is 2.41. The van der Waals surface area contributed by atoms with Crippen LogP contribution in [0.25, 0.3) is 0 Å². The SMILES string of the molecule is NCC1(N2CCc3ccccc3CC2)CCS(=O)(=O)CC1. The third kappa shape index (κ3) is 3.00. The molecule has 21 heavy (non-hydrogen) atoms. The van der Waals surface area contributed by atoms with Gasteiger partial charge in [-0.05, 0) is 36.8 Å². The lowest BCUT2D eigenvalue weighted by Gasteiger charge is -2.45. The van der Waals surface area contributed by atoms with Gasteiger partial charge in [0.05, 0.1) is 11.5 Å². The molecule has 2 aliphatic rings. The molecule has 5 heteroatoms. The van der Waals surface area contributed by atoms with Gasteiger partial charge >= 0.3 is 0 Å². The van der Waals surface area contributed by atoms with Crippen molar-refractivity contribution in [1.29, 1.82) is 0 Å². The number of nitrogens with zero attached hydrogens (tertiary/aromatic N) is 1. The molecule has 0 radical (unpaired) electrons. The molecule has 0 saturated carbocycles. The Bertz CT molecular complexity index is 571. The Morgan fingerprint density at radius 2 is 1.57 bits per heavy atom. The molecule has 116 valence electrons. The number of rotatable bonds is 2. The lowest BCUT2D eigenvalue weighted by atomic mass is 9.89. The highest BCUT2D eigenvalue weighted by atomic mass is 32.2. The summed E-state index contributed by atoms with van der Waals surface area (Å²) in [6, 6.07) is 8.61. The number of fused-ring (bicyclic) bond motifs is 1. The van der Waals surface area contributed by atoms with Crippen LogP contribution in [-0.4, -0.2) is 50.0 Å². The average molecular weight is 308 g/mol. The Morgan fingerprint density at radius 1 is 1.05 bits per heavy atom. The first-order chi connectivity index (χ1) is 10.0. The van der Waals surface area contributed by atoms with Crippen LogP contribution in [0.15, 0.2) is 24.3 Å². The van der Waals surface area contributed by atoms with Gasteiger partial charge in [0.1, 0.15) is 9.84 Å². The Kier molecular flexibility index (Phi) is 4.08. The zero-order valence-corrected chi connectivity index (χ0v) is 13.2. The Labute approximate surface area is 127 Å². The van der Waals surface area contributed by atoms with Gasteiger partial charge in [0.15, 0.2) is 0 Å². The van der Waals surface area contributed by atoms with Crippen molar-refractivity contribution in [3.63, 3.8) is 0 Å². The van der Waals surface area contributed by atoms with Gasteiger partial charge < -0.3 is 5.73 Å². The molecule has 1 fully saturated rings. The van der Waals surface area contributed by atoms with Gasteiger partial charge in [0.25, 0.3) is 0 Å². The molecule has 2 aliphatic heterocycles. The van der Waals surface area contributed by atoms with E-state index in [4.69, 9.17) is 5.73 Å². The molecule has 0 spiro atoms. The lowest BCUT2D eigenvalue weighted by Crippen LogP contribution is -2.58. The van der Waals surface area contributed by atoms with Crippen LogP contribution in [-0.2, 0) is 22.7 Å². The molecule has 0 aliphatic carbocycles. The van der Waals surface area contributed by atoms with Gasteiger partial charge in [-0.2, -0.15) is 0 Å². The van der Waals surface area contributed by atoms with Crippen LogP contribution >= 0.6 is 0 Å². The van der Waals surface area contributed by atoms with Crippen LogP contribution < -0.4 is 5.73 Å². The largest absolute Gasteiger partial charge is 0.329 e. The molecule has 0 unspecified atom stereocenters. The number of hydrogen-bond donors (Lipinski definition) is 1. The Morgan fingerprint density at radius 3 is 2.05 bits per heavy atom. The molecular weight excluding hydrogens is 284 g/mol. The fourth-order valence-electron chi connectivity index (χ4n) is 3.71. The molecule has 1 saturated heterocycles. The predicted octanol–water partition coefficient (Wildman–Crippen LogP) is 0.993. The summed E-state index contributed by atoms with van der Waals surface area (Å²) in [5.74, 6) is 0.571. The summed E-state index contributed by atoms with van der Waals surface area (Å²) in [4.78, 5) is 2.46. The second-order valence-electron chi connectivity index (χ2n) is 6.34. The smallest absolute Gasteiger partial charge is 0.150 e. The molecule has 3 rings (SSSR count). The van der Waals surface area contributed by atoms with Crippen LogP contribution in [0.3, 0.4) is 0 Å². The molecule has 0 amide bonds. The average Bonchev–Trinajstić information content (AvgIpc) is 2.71. The summed E-state index contributed by atoms with van der Waals surface area (Å²) in [7, 11) is -2.85. The Balaban J connectivity index is 1.78. The summed E-state index contributed by atoms with van der Waals surface area (Å²) < 4.78 is 23.4. The Hall–Kier alpha value is -0.910. The van der Waals surface area contributed by atoms with E-state index in [-0.39, 0.29) is 17.0 Å². The van der Waals surface area contributed by atoms with Gasteiger partial charge in [-0.15, -0.1) is 0 Å². The molecule has 0 atom stereocenters. The van der Waals surface area contributed by atoms with E-state index in [1.165, 1.54) is 11.1 Å².